The van der Waals surface area contributed by atoms with Gasteiger partial charge in [-0.2, -0.15) is 0 Å². The summed E-state index contributed by atoms with van der Waals surface area (Å²) in [6, 6.07) is 17.1. The first-order valence-corrected chi connectivity index (χ1v) is 10.1. The van der Waals surface area contributed by atoms with Gasteiger partial charge in [-0.15, -0.1) is 11.3 Å². The van der Waals surface area contributed by atoms with Gasteiger partial charge in [0.2, 0.25) is 0 Å². The molecule has 0 aliphatic heterocycles. The van der Waals surface area contributed by atoms with Crippen LogP contribution >= 0.6 is 11.3 Å². The van der Waals surface area contributed by atoms with Gasteiger partial charge in [0, 0.05) is 23.2 Å². The summed E-state index contributed by atoms with van der Waals surface area (Å²) in [5.74, 6) is 0.717. The topological polar surface area (TPSA) is 50.9 Å². The van der Waals surface area contributed by atoms with Crippen molar-refractivity contribution < 1.29 is 0 Å². The molecule has 2 aromatic carbocycles. The number of para-hydroxylation sites is 1. The van der Waals surface area contributed by atoms with Crippen molar-refractivity contribution in [2.45, 2.75) is 38.1 Å². The van der Waals surface area contributed by atoms with Gasteiger partial charge in [-0.1, -0.05) is 42.5 Å². The summed E-state index contributed by atoms with van der Waals surface area (Å²) in [5, 5.41) is 6.41. The van der Waals surface area contributed by atoms with E-state index in [9.17, 15) is 0 Å². The van der Waals surface area contributed by atoms with Gasteiger partial charge in [0.25, 0.3) is 0 Å². The monoisotopic (exact) mass is 362 g/mol. The molecule has 1 aromatic heterocycles. The molecule has 0 amide bonds. The van der Waals surface area contributed by atoms with Gasteiger partial charge in [0.15, 0.2) is 5.13 Å². The first kappa shape index (κ1) is 17.3. The highest BCUT2D eigenvalue weighted by atomic mass is 32.1. The van der Waals surface area contributed by atoms with Crippen molar-refractivity contribution in [2.24, 2.45) is 5.73 Å². The SMILES string of the molecule is NCc1ccccc1Nc1nc(-c2ccc(C3CC[CH]CC3)cc2)cs1. The summed E-state index contributed by atoms with van der Waals surface area (Å²) in [6.45, 7) is 0.516. The Bertz CT molecular complexity index is 848. The molecule has 3 nitrogen and oxygen atoms in total. The van der Waals surface area contributed by atoms with Crippen LogP contribution in [0, 0.1) is 6.42 Å². The summed E-state index contributed by atoms with van der Waals surface area (Å²) in [4.78, 5) is 4.75. The second kappa shape index (κ2) is 8.02. The quantitative estimate of drug-likeness (QED) is 0.596. The van der Waals surface area contributed by atoms with E-state index >= 15 is 0 Å². The van der Waals surface area contributed by atoms with E-state index < -0.39 is 0 Å². The molecule has 0 bridgehead atoms. The normalized spacial score (nSPS) is 15.1. The molecule has 1 radical (unpaired) electrons. The maximum absolute atomic E-state index is 5.82. The molecule has 0 unspecified atom stereocenters. The van der Waals surface area contributed by atoms with Gasteiger partial charge >= 0.3 is 0 Å². The Morgan fingerprint density at radius 3 is 2.58 bits per heavy atom. The summed E-state index contributed by atoms with van der Waals surface area (Å²) in [6.07, 6.45) is 7.47. The molecule has 1 fully saturated rings. The maximum atomic E-state index is 5.82. The zero-order valence-electron chi connectivity index (χ0n) is 14.8. The lowest BCUT2D eigenvalue weighted by molar-refractivity contribution is 0.512. The van der Waals surface area contributed by atoms with Crippen LogP contribution in [-0.2, 0) is 6.54 Å². The number of thiazole rings is 1. The third-order valence-electron chi connectivity index (χ3n) is 5.10. The molecule has 1 aliphatic rings. The minimum Gasteiger partial charge on any atom is -0.331 e. The Labute approximate surface area is 159 Å². The fourth-order valence-corrected chi connectivity index (χ4v) is 4.32. The van der Waals surface area contributed by atoms with Gasteiger partial charge in [0.1, 0.15) is 0 Å². The predicted octanol–water partition coefficient (Wildman–Crippen LogP) is 5.87. The van der Waals surface area contributed by atoms with Gasteiger partial charge in [0.05, 0.1) is 5.69 Å². The number of hydrogen-bond donors (Lipinski definition) is 2. The molecule has 1 saturated carbocycles. The lowest BCUT2D eigenvalue weighted by Gasteiger charge is -2.21. The van der Waals surface area contributed by atoms with E-state index in [0.717, 1.165) is 28.0 Å². The highest BCUT2D eigenvalue weighted by molar-refractivity contribution is 7.14. The van der Waals surface area contributed by atoms with Gasteiger partial charge < -0.3 is 11.1 Å². The van der Waals surface area contributed by atoms with E-state index in [4.69, 9.17) is 10.7 Å². The van der Waals surface area contributed by atoms with Crippen LogP contribution in [0.4, 0.5) is 10.8 Å². The number of nitrogens with two attached hydrogens (primary N) is 1. The minimum atomic E-state index is 0.516. The standard InChI is InChI=1S/C22H24N3S/c23-14-19-8-4-5-9-20(19)24-22-25-21(15-26-22)18-12-10-17(11-13-18)16-6-2-1-3-7-16/h1,4-5,8-13,15-16H,2-3,6-7,14,23H2,(H,24,25). The smallest absolute Gasteiger partial charge is 0.187 e. The zero-order chi connectivity index (χ0) is 17.8. The van der Waals surface area contributed by atoms with E-state index in [-0.39, 0.29) is 0 Å². The largest absolute Gasteiger partial charge is 0.331 e. The highest BCUT2D eigenvalue weighted by Crippen LogP contribution is 2.34. The number of anilines is 2. The van der Waals surface area contributed by atoms with Crippen molar-refractivity contribution in [3.8, 4) is 11.3 Å². The summed E-state index contributed by atoms with van der Waals surface area (Å²) in [5.41, 5.74) is 11.6. The van der Waals surface area contributed by atoms with Crippen LogP contribution in [0.1, 0.15) is 42.7 Å². The number of hydrogen-bond acceptors (Lipinski definition) is 4. The Balaban J connectivity index is 1.49. The zero-order valence-corrected chi connectivity index (χ0v) is 15.6. The molecule has 26 heavy (non-hydrogen) atoms. The van der Waals surface area contributed by atoms with Crippen molar-refractivity contribution in [3.05, 3.63) is 71.5 Å². The maximum Gasteiger partial charge on any atom is 0.187 e. The summed E-state index contributed by atoms with van der Waals surface area (Å²) >= 11 is 1.62. The molecule has 0 saturated heterocycles. The first-order valence-electron chi connectivity index (χ1n) is 9.26. The molecular formula is C22H24N3S. The molecule has 3 aromatic rings. The lowest BCUT2D eigenvalue weighted by Crippen LogP contribution is -2.04. The Hall–Kier alpha value is -2.17. The summed E-state index contributed by atoms with van der Waals surface area (Å²) in [7, 11) is 0. The second-order valence-corrected chi connectivity index (χ2v) is 7.64. The molecule has 133 valence electrons. The van der Waals surface area contributed by atoms with Crippen LogP contribution in [-0.4, -0.2) is 4.98 Å². The Kier molecular flexibility index (Phi) is 5.32. The first-order chi connectivity index (χ1) is 12.8. The molecule has 1 aliphatic carbocycles. The molecule has 4 rings (SSSR count). The summed E-state index contributed by atoms with van der Waals surface area (Å²) < 4.78 is 0. The van der Waals surface area contributed by atoms with Crippen LogP contribution in [0.15, 0.2) is 53.9 Å². The lowest BCUT2D eigenvalue weighted by atomic mass is 9.84. The number of rotatable bonds is 5. The fraction of sp³-hybridized carbons (Fsp3) is 0.273. The molecule has 1 heterocycles. The molecule has 4 heteroatoms. The molecule has 0 spiro atoms. The predicted molar refractivity (Wildman–Crippen MR) is 111 cm³/mol. The molecular weight excluding hydrogens is 338 g/mol. The van der Waals surface area contributed by atoms with Gasteiger partial charge in [-0.05, 0) is 55.2 Å². The van der Waals surface area contributed by atoms with Crippen molar-refractivity contribution >= 4 is 22.2 Å². The van der Waals surface area contributed by atoms with Crippen molar-refractivity contribution in [1.82, 2.24) is 4.98 Å². The number of nitrogens with zero attached hydrogens (tertiary/aromatic N) is 1. The Morgan fingerprint density at radius 2 is 1.81 bits per heavy atom. The van der Waals surface area contributed by atoms with Crippen LogP contribution in [0.5, 0.6) is 0 Å². The van der Waals surface area contributed by atoms with Crippen molar-refractivity contribution in [3.63, 3.8) is 0 Å². The van der Waals surface area contributed by atoms with Crippen LogP contribution < -0.4 is 11.1 Å². The van der Waals surface area contributed by atoms with Gasteiger partial charge in [-0.25, -0.2) is 4.98 Å². The van der Waals surface area contributed by atoms with E-state index in [1.807, 2.05) is 24.3 Å². The third-order valence-corrected chi connectivity index (χ3v) is 5.86. The van der Waals surface area contributed by atoms with E-state index in [1.165, 1.54) is 36.8 Å². The number of benzene rings is 2. The Morgan fingerprint density at radius 1 is 1.04 bits per heavy atom. The minimum absolute atomic E-state index is 0.516. The van der Waals surface area contributed by atoms with Crippen molar-refractivity contribution in [1.29, 1.82) is 0 Å². The average Bonchev–Trinajstić information content (AvgIpc) is 3.18. The van der Waals surface area contributed by atoms with Crippen LogP contribution in [0.25, 0.3) is 11.3 Å². The highest BCUT2D eigenvalue weighted by Gasteiger charge is 2.15. The van der Waals surface area contributed by atoms with E-state index in [2.05, 4.69) is 41.4 Å². The number of nitrogens with one attached hydrogen (secondary N) is 1. The van der Waals surface area contributed by atoms with Crippen molar-refractivity contribution in [2.75, 3.05) is 5.32 Å². The molecule has 0 atom stereocenters. The van der Waals surface area contributed by atoms with Crippen LogP contribution in [0.3, 0.4) is 0 Å². The third kappa shape index (κ3) is 3.81. The average molecular weight is 363 g/mol. The van der Waals surface area contributed by atoms with E-state index in [0.29, 0.717) is 6.54 Å². The fourth-order valence-electron chi connectivity index (χ4n) is 3.59. The number of aromatic nitrogens is 1. The molecule has 3 N–H and O–H groups in total. The second-order valence-electron chi connectivity index (χ2n) is 6.79. The van der Waals surface area contributed by atoms with Crippen LogP contribution in [0.2, 0.25) is 0 Å². The van der Waals surface area contributed by atoms with E-state index in [1.54, 1.807) is 11.3 Å². The van der Waals surface area contributed by atoms with Gasteiger partial charge in [-0.3, -0.25) is 0 Å².